The number of hydrogen-bond donors (Lipinski definition) is 1. The van der Waals surface area contributed by atoms with Gasteiger partial charge in [0.25, 0.3) is 0 Å². The number of aromatic nitrogens is 3. The largest absolute Gasteiger partial charge is 0.399 e. The summed E-state index contributed by atoms with van der Waals surface area (Å²) in [6.45, 7) is 1.97. The van der Waals surface area contributed by atoms with E-state index in [9.17, 15) is 0 Å². The molecule has 0 spiro atoms. The smallest absolute Gasteiger partial charge is 0.160 e. The topological polar surface area (TPSA) is 64.7 Å². The van der Waals surface area contributed by atoms with Gasteiger partial charge in [-0.25, -0.2) is 9.97 Å². The summed E-state index contributed by atoms with van der Waals surface area (Å²) >= 11 is 0. The molecule has 4 nitrogen and oxygen atoms in total. The van der Waals surface area contributed by atoms with Crippen LogP contribution >= 0.6 is 0 Å². The Kier molecular flexibility index (Phi) is 3.13. The van der Waals surface area contributed by atoms with Crippen LogP contribution in [-0.4, -0.2) is 15.0 Å². The number of anilines is 1. The molecule has 4 heteroatoms. The van der Waals surface area contributed by atoms with Crippen molar-refractivity contribution in [2.75, 3.05) is 5.73 Å². The second kappa shape index (κ2) is 5.09. The summed E-state index contributed by atoms with van der Waals surface area (Å²) in [6.07, 6.45) is 3.52. The molecule has 3 aromatic rings. The maximum absolute atomic E-state index is 5.71. The first kappa shape index (κ1) is 12.3. The summed E-state index contributed by atoms with van der Waals surface area (Å²) in [6, 6.07) is 13.4. The molecule has 2 N–H and O–H groups in total. The predicted molar refractivity (Wildman–Crippen MR) is 79.8 cm³/mol. The van der Waals surface area contributed by atoms with E-state index in [1.54, 1.807) is 12.4 Å². The van der Waals surface area contributed by atoms with Crippen molar-refractivity contribution in [1.82, 2.24) is 15.0 Å². The van der Waals surface area contributed by atoms with Crippen LogP contribution in [0.5, 0.6) is 0 Å². The van der Waals surface area contributed by atoms with Crippen LogP contribution in [0.25, 0.3) is 22.6 Å². The number of rotatable bonds is 2. The van der Waals surface area contributed by atoms with E-state index >= 15 is 0 Å². The molecule has 0 aliphatic heterocycles. The SMILES string of the molecule is Cc1cc(-c2ccncc2)nc(-c2ccc(N)cc2)n1. The van der Waals surface area contributed by atoms with Gasteiger partial charge in [-0.05, 0) is 49.4 Å². The number of nitrogen functional groups attached to an aromatic ring is 1. The summed E-state index contributed by atoms with van der Waals surface area (Å²) in [7, 11) is 0. The zero-order valence-corrected chi connectivity index (χ0v) is 11.1. The summed E-state index contributed by atoms with van der Waals surface area (Å²) in [5, 5.41) is 0. The first-order valence-electron chi connectivity index (χ1n) is 6.34. The average molecular weight is 262 g/mol. The Morgan fingerprint density at radius 1 is 0.850 bits per heavy atom. The van der Waals surface area contributed by atoms with Gasteiger partial charge in [-0.3, -0.25) is 4.98 Å². The van der Waals surface area contributed by atoms with Crippen LogP contribution in [0.4, 0.5) is 5.69 Å². The van der Waals surface area contributed by atoms with Gasteiger partial charge < -0.3 is 5.73 Å². The molecule has 20 heavy (non-hydrogen) atoms. The molecular weight excluding hydrogens is 248 g/mol. The Balaban J connectivity index is 2.09. The number of benzene rings is 1. The number of nitrogens with zero attached hydrogens (tertiary/aromatic N) is 3. The maximum Gasteiger partial charge on any atom is 0.160 e. The van der Waals surface area contributed by atoms with Crippen molar-refractivity contribution in [2.24, 2.45) is 0 Å². The van der Waals surface area contributed by atoms with E-state index in [0.717, 1.165) is 28.2 Å². The summed E-state index contributed by atoms with van der Waals surface area (Å²) in [4.78, 5) is 13.1. The third-order valence-electron chi connectivity index (χ3n) is 3.00. The third-order valence-corrected chi connectivity index (χ3v) is 3.00. The van der Waals surface area contributed by atoms with E-state index in [-0.39, 0.29) is 0 Å². The van der Waals surface area contributed by atoms with Crippen LogP contribution in [0.2, 0.25) is 0 Å². The summed E-state index contributed by atoms with van der Waals surface area (Å²) in [5.41, 5.74) is 10.3. The number of pyridine rings is 1. The van der Waals surface area contributed by atoms with Gasteiger partial charge in [0.05, 0.1) is 5.69 Å². The fraction of sp³-hybridized carbons (Fsp3) is 0.0625. The summed E-state index contributed by atoms with van der Waals surface area (Å²) in [5.74, 6) is 0.705. The molecule has 2 aromatic heterocycles. The van der Waals surface area contributed by atoms with Crippen LogP contribution < -0.4 is 5.73 Å². The van der Waals surface area contributed by atoms with Crippen LogP contribution in [0.15, 0.2) is 54.9 Å². The molecular formula is C16H14N4. The third kappa shape index (κ3) is 2.49. The minimum atomic E-state index is 0.705. The van der Waals surface area contributed by atoms with Gasteiger partial charge in [0.2, 0.25) is 0 Å². The lowest BCUT2D eigenvalue weighted by Crippen LogP contribution is -1.95. The quantitative estimate of drug-likeness (QED) is 0.721. The Morgan fingerprint density at radius 2 is 1.55 bits per heavy atom. The summed E-state index contributed by atoms with van der Waals surface area (Å²) < 4.78 is 0. The predicted octanol–water partition coefficient (Wildman–Crippen LogP) is 3.10. The van der Waals surface area contributed by atoms with E-state index in [1.807, 2.05) is 49.4 Å². The Hall–Kier alpha value is -2.75. The average Bonchev–Trinajstić information content (AvgIpc) is 2.48. The minimum absolute atomic E-state index is 0.705. The van der Waals surface area contributed by atoms with Crippen molar-refractivity contribution in [3.63, 3.8) is 0 Å². The number of nitrogens with two attached hydrogens (primary N) is 1. The van der Waals surface area contributed by atoms with E-state index in [0.29, 0.717) is 5.82 Å². The lowest BCUT2D eigenvalue weighted by Gasteiger charge is -2.06. The maximum atomic E-state index is 5.71. The molecule has 0 aliphatic rings. The van der Waals surface area contributed by atoms with Crippen LogP contribution in [0.1, 0.15) is 5.69 Å². The molecule has 3 rings (SSSR count). The van der Waals surface area contributed by atoms with E-state index < -0.39 is 0 Å². The van der Waals surface area contributed by atoms with Gasteiger partial charge in [-0.15, -0.1) is 0 Å². The minimum Gasteiger partial charge on any atom is -0.399 e. The van der Waals surface area contributed by atoms with E-state index in [1.165, 1.54) is 0 Å². The molecule has 0 aliphatic carbocycles. The molecule has 0 amide bonds. The first-order chi connectivity index (χ1) is 9.72. The van der Waals surface area contributed by atoms with Crippen molar-refractivity contribution in [2.45, 2.75) is 6.92 Å². The molecule has 0 radical (unpaired) electrons. The van der Waals surface area contributed by atoms with Crippen LogP contribution in [0, 0.1) is 6.92 Å². The molecule has 0 saturated carbocycles. The molecule has 1 aromatic carbocycles. The van der Waals surface area contributed by atoms with Gasteiger partial charge in [-0.1, -0.05) is 0 Å². The van der Waals surface area contributed by atoms with E-state index in [2.05, 4.69) is 15.0 Å². The molecule has 0 saturated heterocycles. The molecule has 98 valence electrons. The monoisotopic (exact) mass is 262 g/mol. The van der Waals surface area contributed by atoms with Crippen molar-refractivity contribution < 1.29 is 0 Å². The molecule has 0 fully saturated rings. The molecule has 0 atom stereocenters. The van der Waals surface area contributed by atoms with Crippen LogP contribution in [0.3, 0.4) is 0 Å². The highest BCUT2D eigenvalue weighted by Gasteiger charge is 2.06. The second-order valence-corrected chi connectivity index (χ2v) is 4.58. The van der Waals surface area contributed by atoms with Gasteiger partial charge in [0.15, 0.2) is 5.82 Å². The second-order valence-electron chi connectivity index (χ2n) is 4.58. The van der Waals surface area contributed by atoms with Gasteiger partial charge in [0.1, 0.15) is 0 Å². The highest BCUT2D eigenvalue weighted by atomic mass is 14.9. The fourth-order valence-electron chi connectivity index (χ4n) is 2.00. The van der Waals surface area contributed by atoms with Crippen LogP contribution in [-0.2, 0) is 0 Å². The first-order valence-corrected chi connectivity index (χ1v) is 6.34. The zero-order valence-electron chi connectivity index (χ0n) is 11.1. The highest BCUT2D eigenvalue weighted by molar-refractivity contribution is 5.64. The Labute approximate surface area is 117 Å². The van der Waals surface area contributed by atoms with Crippen molar-refractivity contribution in [3.05, 3.63) is 60.6 Å². The Morgan fingerprint density at radius 3 is 2.25 bits per heavy atom. The Bertz CT molecular complexity index is 721. The molecule has 0 unspecified atom stereocenters. The standard InChI is InChI=1S/C16H14N4/c1-11-10-15(12-6-8-18-9-7-12)20-16(19-11)13-2-4-14(17)5-3-13/h2-10H,17H2,1H3. The fourth-order valence-corrected chi connectivity index (χ4v) is 2.00. The zero-order chi connectivity index (χ0) is 13.9. The number of aryl methyl sites for hydroxylation is 1. The normalized spacial score (nSPS) is 10.4. The van der Waals surface area contributed by atoms with Gasteiger partial charge in [0, 0.05) is 34.9 Å². The lowest BCUT2D eigenvalue weighted by molar-refractivity contribution is 1.11. The van der Waals surface area contributed by atoms with E-state index in [4.69, 9.17) is 5.73 Å². The van der Waals surface area contributed by atoms with Gasteiger partial charge in [-0.2, -0.15) is 0 Å². The number of hydrogen-bond acceptors (Lipinski definition) is 4. The van der Waals surface area contributed by atoms with Crippen molar-refractivity contribution in [1.29, 1.82) is 0 Å². The van der Waals surface area contributed by atoms with Gasteiger partial charge >= 0.3 is 0 Å². The molecule has 2 heterocycles. The lowest BCUT2D eigenvalue weighted by atomic mass is 10.1. The highest BCUT2D eigenvalue weighted by Crippen LogP contribution is 2.22. The van der Waals surface area contributed by atoms with Crippen molar-refractivity contribution >= 4 is 5.69 Å². The molecule has 0 bridgehead atoms. The van der Waals surface area contributed by atoms with Crippen molar-refractivity contribution in [3.8, 4) is 22.6 Å².